The van der Waals surface area contributed by atoms with Crippen LogP contribution in [0.15, 0.2) is 36.9 Å². The van der Waals surface area contributed by atoms with Gasteiger partial charge in [0.2, 0.25) is 0 Å². The maximum absolute atomic E-state index is 4.39. The summed E-state index contributed by atoms with van der Waals surface area (Å²) in [6.07, 6.45) is 7.52. The normalized spacial score (nSPS) is 11.1. The molecule has 0 saturated carbocycles. The summed E-state index contributed by atoms with van der Waals surface area (Å²) >= 11 is 0. The summed E-state index contributed by atoms with van der Waals surface area (Å²) in [5, 5.41) is 3.42. The third-order valence-electron chi connectivity index (χ3n) is 2.74. The Morgan fingerprint density at radius 1 is 1.22 bits per heavy atom. The van der Waals surface area contributed by atoms with Crippen molar-refractivity contribution in [2.75, 3.05) is 6.54 Å². The molecular formula is C14H20N4. The minimum Gasteiger partial charge on any atom is -0.329 e. The van der Waals surface area contributed by atoms with Gasteiger partial charge in [0.25, 0.3) is 0 Å². The van der Waals surface area contributed by atoms with Crippen molar-refractivity contribution in [1.29, 1.82) is 0 Å². The van der Waals surface area contributed by atoms with Crippen LogP contribution < -0.4 is 5.32 Å². The van der Waals surface area contributed by atoms with Gasteiger partial charge in [0.15, 0.2) is 0 Å². The fourth-order valence-electron chi connectivity index (χ4n) is 1.81. The standard InChI is InChI=1S/C14H20N4/c1-12(2)9-16-10-14-17-7-8-18(14)11-13-3-5-15-6-4-13/h3-8,12,16H,9-11H2,1-2H3. The number of rotatable bonds is 6. The van der Waals surface area contributed by atoms with E-state index in [2.05, 4.69) is 33.7 Å². The number of hydrogen-bond acceptors (Lipinski definition) is 3. The number of nitrogens with one attached hydrogen (secondary N) is 1. The molecule has 0 saturated heterocycles. The molecule has 2 aromatic rings. The van der Waals surface area contributed by atoms with Gasteiger partial charge in [0.05, 0.1) is 6.54 Å². The number of imidazole rings is 1. The first-order valence-electron chi connectivity index (χ1n) is 6.35. The molecule has 4 heteroatoms. The first-order valence-corrected chi connectivity index (χ1v) is 6.35. The Morgan fingerprint density at radius 2 is 2.00 bits per heavy atom. The Balaban J connectivity index is 1.95. The van der Waals surface area contributed by atoms with Crippen molar-refractivity contribution in [3.05, 3.63) is 48.3 Å². The molecule has 4 nitrogen and oxygen atoms in total. The predicted octanol–water partition coefficient (Wildman–Crippen LogP) is 2.07. The Hall–Kier alpha value is -1.68. The fourth-order valence-corrected chi connectivity index (χ4v) is 1.81. The van der Waals surface area contributed by atoms with Gasteiger partial charge in [-0.2, -0.15) is 0 Å². The van der Waals surface area contributed by atoms with Crippen LogP contribution in [0.1, 0.15) is 25.2 Å². The van der Waals surface area contributed by atoms with E-state index in [1.165, 1.54) is 5.56 Å². The SMILES string of the molecule is CC(C)CNCc1nccn1Cc1ccncc1. The first-order chi connectivity index (χ1) is 8.75. The zero-order valence-corrected chi connectivity index (χ0v) is 11.0. The molecule has 0 fully saturated rings. The third kappa shape index (κ3) is 3.67. The van der Waals surface area contributed by atoms with Gasteiger partial charge >= 0.3 is 0 Å². The lowest BCUT2D eigenvalue weighted by Crippen LogP contribution is -2.21. The average Bonchev–Trinajstić information content (AvgIpc) is 2.78. The Kier molecular flexibility index (Phi) is 4.47. The summed E-state index contributed by atoms with van der Waals surface area (Å²) in [5.74, 6) is 1.74. The number of hydrogen-bond donors (Lipinski definition) is 1. The number of aromatic nitrogens is 3. The van der Waals surface area contributed by atoms with Crippen molar-refractivity contribution in [1.82, 2.24) is 19.9 Å². The summed E-state index contributed by atoms with van der Waals surface area (Å²) in [7, 11) is 0. The molecule has 0 unspecified atom stereocenters. The summed E-state index contributed by atoms with van der Waals surface area (Å²) in [6.45, 7) is 7.09. The number of pyridine rings is 1. The zero-order chi connectivity index (χ0) is 12.8. The quantitative estimate of drug-likeness (QED) is 0.846. The average molecular weight is 244 g/mol. The summed E-state index contributed by atoms with van der Waals surface area (Å²) in [4.78, 5) is 8.42. The first kappa shape index (κ1) is 12.8. The molecule has 0 aliphatic carbocycles. The van der Waals surface area contributed by atoms with Crippen molar-refractivity contribution < 1.29 is 0 Å². The van der Waals surface area contributed by atoms with E-state index < -0.39 is 0 Å². The summed E-state index contributed by atoms with van der Waals surface area (Å²) in [5.41, 5.74) is 1.24. The molecule has 0 atom stereocenters. The van der Waals surface area contributed by atoms with Gasteiger partial charge < -0.3 is 9.88 Å². The van der Waals surface area contributed by atoms with E-state index in [-0.39, 0.29) is 0 Å². The monoisotopic (exact) mass is 244 g/mol. The van der Waals surface area contributed by atoms with Crippen LogP contribution in [-0.4, -0.2) is 21.1 Å². The lowest BCUT2D eigenvalue weighted by molar-refractivity contribution is 0.533. The van der Waals surface area contributed by atoms with Gasteiger partial charge in [-0.1, -0.05) is 13.8 Å². The highest BCUT2D eigenvalue weighted by Crippen LogP contribution is 2.04. The van der Waals surface area contributed by atoms with E-state index in [4.69, 9.17) is 0 Å². The van der Waals surface area contributed by atoms with E-state index in [1.54, 1.807) is 0 Å². The molecule has 0 bridgehead atoms. The van der Waals surface area contributed by atoms with Crippen LogP contribution in [-0.2, 0) is 13.1 Å². The molecule has 18 heavy (non-hydrogen) atoms. The van der Waals surface area contributed by atoms with Crippen LogP contribution in [0.4, 0.5) is 0 Å². The smallest absolute Gasteiger partial charge is 0.122 e. The van der Waals surface area contributed by atoms with E-state index in [9.17, 15) is 0 Å². The van der Waals surface area contributed by atoms with Gasteiger partial charge in [-0.05, 0) is 30.2 Å². The maximum atomic E-state index is 4.39. The van der Waals surface area contributed by atoms with Gasteiger partial charge in [-0.3, -0.25) is 4.98 Å². The summed E-state index contributed by atoms with van der Waals surface area (Å²) < 4.78 is 2.17. The maximum Gasteiger partial charge on any atom is 0.122 e. The third-order valence-corrected chi connectivity index (χ3v) is 2.74. The highest BCUT2D eigenvalue weighted by molar-refractivity contribution is 5.11. The van der Waals surface area contributed by atoms with Crippen LogP contribution >= 0.6 is 0 Å². The van der Waals surface area contributed by atoms with Gasteiger partial charge in [-0.25, -0.2) is 4.98 Å². The van der Waals surface area contributed by atoms with Crippen molar-refractivity contribution in [2.24, 2.45) is 5.92 Å². The predicted molar refractivity (Wildman–Crippen MR) is 72.1 cm³/mol. The second-order valence-corrected chi connectivity index (χ2v) is 4.85. The second-order valence-electron chi connectivity index (χ2n) is 4.85. The second kappa shape index (κ2) is 6.31. The molecule has 96 valence electrons. The van der Waals surface area contributed by atoms with Crippen LogP contribution in [0.5, 0.6) is 0 Å². The largest absolute Gasteiger partial charge is 0.329 e. The van der Waals surface area contributed by atoms with E-state index in [0.717, 1.165) is 25.5 Å². The number of nitrogens with zero attached hydrogens (tertiary/aromatic N) is 3. The fraction of sp³-hybridized carbons (Fsp3) is 0.429. The molecule has 2 heterocycles. The van der Waals surface area contributed by atoms with Crippen molar-refractivity contribution in [3.63, 3.8) is 0 Å². The topological polar surface area (TPSA) is 42.7 Å². The van der Waals surface area contributed by atoms with Gasteiger partial charge in [0, 0.05) is 31.3 Å². The van der Waals surface area contributed by atoms with Crippen LogP contribution in [0.2, 0.25) is 0 Å². The van der Waals surface area contributed by atoms with E-state index >= 15 is 0 Å². The molecule has 1 N–H and O–H groups in total. The van der Waals surface area contributed by atoms with Crippen molar-refractivity contribution in [3.8, 4) is 0 Å². The van der Waals surface area contributed by atoms with E-state index in [0.29, 0.717) is 5.92 Å². The Labute approximate surface area is 108 Å². The van der Waals surface area contributed by atoms with Gasteiger partial charge in [-0.15, -0.1) is 0 Å². The lowest BCUT2D eigenvalue weighted by atomic mass is 10.2. The highest BCUT2D eigenvalue weighted by Gasteiger charge is 2.03. The minimum absolute atomic E-state index is 0.661. The van der Waals surface area contributed by atoms with Crippen LogP contribution in [0, 0.1) is 5.92 Å². The molecule has 0 aliphatic heterocycles. The molecule has 0 spiro atoms. The molecule has 0 amide bonds. The van der Waals surface area contributed by atoms with Crippen LogP contribution in [0.3, 0.4) is 0 Å². The van der Waals surface area contributed by atoms with Crippen molar-refractivity contribution >= 4 is 0 Å². The molecule has 2 rings (SSSR count). The highest BCUT2D eigenvalue weighted by atomic mass is 15.1. The zero-order valence-electron chi connectivity index (χ0n) is 11.0. The molecular weight excluding hydrogens is 224 g/mol. The molecule has 0 aromatic carbocycles. The molecule has 2 aromatic heterocycles. The minimum atomic E-state index is 0.661. The lowest BCUT2D eigenvalue weighted by Gasteiger charge is -2.10. The van der Waals surface area contributed by atoms with E-state index in [1.807, 2.05) is 36.9 Å². The van der Waals surface area contributed by atoms with Crippen molar-refractivity contribution in [2.45, 2.75) is 26.9 Å². The Bertz CT molecular complexity index is 462. The Morgan fingerprint density at radius 3 is 2.72 bits per heavy atom. The van der Waals surface area contributed by atoms with Gasteiger partial charge in [0.1, 0.15) is 5.82 Å². The summed E-state index contributed by atoms with van der Waals surface area (Å²) in [6, 6.07) is 4.07. The van der Waals surface area contributed by atoms with Crippen LogP contribution in [0.25, 0.3) is 0 Å². The molecule has 0 radical (unpaired) electrons. The molecule has 0 aliphatic rings.